The molecule has 0 aromatic heterocycles. The van der Waals surface area contributed by atoms with Gasteiger partial charge >= 0.3 is 0 Å². The van der Waals surface area contributed by atoms with E-state index in [1.165, 1.54) is 10.5 Å². The van der Waals surface area contributed by atoms with Crippen molar-refractivity contribution in [2.75, 3.05) is 0 Å². The summed E-state index contributed by atoms with van der Waals surface area (Å²) in [6.07, 6.45) is 1.75. The average molecular weight is 494 g/mol. The topological polar surface area (TPSA) is 46.6 Å². The molecule has 0 saturated carbocycles. The van der Waals surface area contributed by atoms with Crippen LogP contribution in [0.25, 0.3) is 6.08 Å². The summed E-state index contributed by atoms with van der Waals surface area (Å²) in [5, 5.41) is -0.253. The Balaban J connectivity index is 1.39. The summed E-state index contributed by atoms with van der Waals surface area (Å²) in [5.74, 6) is 0.485. The van der Waals surface area contributed by atoms with Gasteiger partial charge in [0, 0.05) is 4.47 Å². The molecule has 4 rings (SSSR count). The van der Waals surface area contributed by atoms with Gasteiger partial charge in [0.1, 0.15) is 12.4 Å². The lowest BCUT2D eigenvalue weighted by Gasteiger charge is -2.12. The minimum absolute atomic E-state index is 0.253. The number of carbonyl (C=O) groups excluding carboxylic acids is 2. The summed E-state index contributed by atoms with van der Waals surface area (Å²) >= 11 is 4.36. The zero-order valence-electron chi connectivity index (χ0n) is 16.9. The first-order chi connectivity index (χ1) is 15.0. The molecule has 0 N–H and O–H groups in total. The number of hydrogen-bond acceptors (Lipinski definition) is 4. The van der Waals surface area contributed by atoms with Crippen LogP contribution in [-0.2, 0) is 17.9 Å². The van der Waals surface area contributed by atoms with Crippen molar-refractivity contribution in [2.24, 2.45) is 0 Å². The molecule has 0 atom stereocenters. The second-order valence-electron chi connectivity index (χ2n) is 7.24. The van der Waals surface area contributed by atoms with Gasteiger partial charge in [-0.15, -0.1) is 0 Å². The van der Waals surface area contributed by atoms with E-state index < -0.39 is 0 Å². The van der Waals surface area contributed by atoms with E-state index in [1.807, 2.05) is 60.7 Å². The van der Waals surface area contributed by atoms with E-state index in [0.29, 0.717) is 11.5 Å². The fourth-order valence-corrected chi connectivity index (χ4v) is 4.17. The molecule has 0 bridgehead atoms. The van der Waals surface area contributed by atoms with Gasteiger partial charge in [-0.25, -0.2) is 0 Å². The number of aryl methyl sites for hydroxylation is 1. The summed E-state index contributed by atoms with van der Waals surface area (Å²) in [7, 11) is 0. The highest BCUT2D eigenvalue weighted by Gasteiger charge is 2.34. The zero-order valence-corrected chi connectivity index (χ0v) is 19.3. The number of rotatable bonds is 6. The van der Waals surface area contributed by atoms with Crippen molar-refractivity contribution in [2.45, 2.75) is 20.1 Å². The first-order valence-corrected chi connectivity index (χ1v) is 11.4. The molecule has 156 valence electrons. The van der Waals surface area contributed by atoms with Crippen molar-refractivity contribution in [1.82, 2.24) is 4.90 Å². The maximum Gasteiger partial charge on any atom is 0.293 e. The third-order valence-corrected chi connectivity index (χ3v) is 6.27. The van der Waals surface area contributed by atoms with Crippen LogP contribution < -0.4 is 4.74 Å². The molecule has 1 aliphatic heterocycles. The number of nitrogens with zero attached hydrogens (tertiary/aromatic N) is 1. The first-order valence-electron chi connectivity index (χ1n) is 9.76. The summed E-state index contributed by atoms with van der Waals surface area (Å²) in [5.41, 5.74) is 4.07. The van der Waals surface area contributed by atoms with Crippen LogP contribution in [0.5, 0.6) is 5.75 Å². The Hall–Kier alpha value is -2.83. The summed E-state index contributed by atoms with van der Waals surface area (Å²) in [6.45, 7) is 2.81. The average Bonchev–Trinajstić information content (AvgIpc) is 3.03. The number of thioether (sulfide) groups is 1. The number of ether oxygens (including phenoxy) is 1. The Morgan fingerprint density at radius 1 is 0.903 bits per heavy atom. The molecule has 0 aliphatic carbocycles. The van der Waals surface area contributed by atoms with Gasteiger partial charge in [-0.05, 0) is 65.7 Å². The number of hydrogen-bond donors (Lipinski definition) is 0. The van der Waals surface area contributed by atoms with Crippen molar-refractivity contribution in [3.63, 3.8) is 0 Å². The lowest BCUT2D eigenvalue weighted by molar-refractivity contribution is -0.123. The second kappa shape index (κ2) is 9.54. The van der Waals surface area contributed by atoms with Crippen molar-refractivity contribution in [3.8, 4) is 5.75 Å². The Morgan fingerprint density at radius 3 is 2.23 bits per heavy atom. The summed E-state index contributed by atoms with van der Waals surface area (Å²) < 4.78 is 6.78. The van der Waals surface area contributed by atoms with Crippen LogP contribution in [0.3, 0.4) is 0 Å². The number of benzene rings is 3. The fourth-order valence-electron chi connectivity index (χ4n) is 3.07. The highest BCUT2D eigenvalue weighted by Crippen LogP contribution is 2.33. The zero-order chi connectivity index (χ0) is 21.8. The van der Waals surface area contributed by atoms with Crippen molar-refractivity contribution in [3.05, 3.63) is 104 Å². The normalized spacial score (nSPS) is 15.0. The maximum absolute atomic E-state index is 12.7. The van der Waals surface area contributed by atoms with Crippen molar-refractivity contribution in [1.29, 1.82) is 0 Å². The largest absolute Gasteiger partial charge is 0.489 e. The molecule has 0 radical (unpaired) electrons. The van der Waals surface area contributed by atoms with E-state index in [2.05, 4.69) is 35.0 Å². The lowest BCUT2D eigenvalue weighted by atomic mass is 10.1. The highest BCUT2D eigenvalue weighted by molar-refractivity contribution is 9.10. The van der Waals surface area contributed by atoms with E-state index in [0.717, 1.165) is 38.7 Å². The summed E-state index contributed by atoms with van der Waals surface area (Å²) in [6, 6.07) is 23.3. The van der Waals surface area contributed by atoms with Crippen molar-refractivity contribution < 1.29 is 14.3 Å². The molecule has 31 heavy (non-hydrogen) atoms. The Morgan fingerprint density at radius 2 is 1.55 bits per heavy atom. The van der Waals surface area contributed by atoms with Crippen LogP contribution in [0, 0.1) is 6.92 Å². The molecule has 4 nitrogen and oxygen atoms in total. The van der Waals surface area contributed by atoms with Gasteiger partial charge in [-0.3, -0.25) is 14.5 Å². The molecule has 3 aromatic carbocycles. The van der Waals surface area contributed by atoms with Gasteiger partial charge in [0.15, 0.2) is 0 Å². The Labute approximate surface area is 194 Å². The van der Waals surface area contributed by atoms with Crippen molar-refractivity contribution >= 4 is 44.9 Å². The predicted octanol–water partition coefficient (Wildman–Crippen LogP) is 6.57. The van der Waals surface area contributed by atoms with Crippen LogP contribution in [0.1, 0.15) is 22.3 Å². The fraction of sp³-hybridized carbons (Fsp3) is 0.120. The van der Waals surface area contributed by atoms with Gasteiger partial charge in [-0.2, -0.15) is 0 Å². The number of amides is 2. The van der Waals surface area contributed by atoms with Crippen LogP contribution in [0.15, 0.2) is 82.2 Å². The van der Waals surface area contributed by atoms with Crippen LogP contribution >= 0.6 is 27.7 Å². The standard InChI is InChI=1S/C25H20BrNO3S/c1-17-2-4-20(5-3-17)16-30-22-12-8-18(9-13-22)14-23-24(28)27(25(29)31-23)15-19-6-10-21(26)11-7-19/h2-14H,15-16H2,1H3/b23-14-. The molecule has 1 fully saturated rings. The molecular formula is C25H20BrNO3S. The third kappa shape index (κ3) is 5.46. The third-order valence-electron chi connectivity index (χ3n) is 4.83. The van der Waals surface area contributed by atoms with E-state index in [9.17, 15) is 9.59 Å². The number of imide groups is 1. The monoisotopic (exact) mass is 493 g/mol. The molecule has 0 unspecified atom stereocenters. The first kappa shape index (κ1) is 21.4. The molecule has 3 aromatic rings. The van der Waals surface area contributed by atoms with Gasteiger partial charge in [-0.1, -0.05) is 70.0 Å². The SMILES string of the molecule is Cc1ccc(COc2ccc(/C=C3\SC(=O)N(Cc4ccc(Br)cc4)C3=O)cc2)cc1. The second-order valence-corrected chi connectivity index (χ2v) is 9.15. The van der Waals surface area contributed by atoms with Gasteiger partial charge < -0.3 is 4.74 Å². The highest BCUT2D eigenvalue weighted by atomic mass is 79.9. The van der Waals surface area contributed by atoms with E-state index in [-0.39, 0.29) is 17.7 Å². The molecule has 1 saturated heterocycles. The van der Waals surface area contributed by atoms with Crippen LogP contribution in [0.2, 0.25) is 0 Å². The van der Waals surface area contributed by atoms with E-state index >= 15 is 0 Å². The Kier molecular flexibility index (Phi) is 6.59. The number of halogens is 1. The summed E-state index contributed by atoms with van der Waals surface area (Å²) in [4.78, 5) is 26.8. The molecule has 2 amide bonds. The number of carbonyl (C=O) groups is 2. The maximum atomic E-state index is 12.7. The minimum Gasteiger partial charge on any atom is -0.489 e. The van der Waals surface area contributed by atoms with Gasteiger partial charge in [0.2, 0.25) is 0 Å². The predicted molar refractivity (Wildman–Crippen MR) is 128 cm³/mol. The van der Waals surface area contributed by atoms with E-state index in [1.54, 1.807) is 6.08 Å². The lowest BCUT2D eigenvalue weighted by Crippen LogP contribution is -2.27. The smallest absolute Gasteiger partial charge is 0.293 e. The molecule has 1 aliphatic rings. The molecule has 6 heteroatoms. The Bertz CT molecular complexity index is 1120. The molecular weight excluding hydrogens is 474 g/mol. The molecule has 0 spiro atoms. The quantitative estimate of drug-likeness (QED) is 0.364. The molecule has 1 heterocycles. The van der Waals surface area contributed by atoms with E-state index in [4.69, 9.17) is 4.74 Å². The van der Waals surface area contributed by atoms with Gasteiger partial charge in [0.25, 0.3) is 11.1 Å². The van der Waals surface area contributed by atoms with Gasteiger partial charge in [0.05, 0.1) is 11.4 Å². The van der Waals surface area contributed by atoms with Crippen LogP contribution in [-0.4, -0.2) is 16.0 Å². The minimum atomic E-state index is -0.266. The van der Waals surface area contributed by atoms with Crippen LogP contribution in [0.4, 0.5) is 4.79 Å².